The van der Waals surface area contributed by atoms with Crippen molar-refractivity contribution in [3.05, 3.63) is 77.9 Å². The van der Waals surface area contributed by atoms with Gasteiger partial charge in [0.2, 0.25) is 0 Å². The average Bonchev–Trinajstić information content (AvgIpc) is 2.49. The van der Waals surface area contributed by atoms with Crippen LogP contribution in [0.5, 0.6) is 0 Å². The first-order chi connectivity index (χ1) is 8.95. The Hall–Kier alpha value is -1.86. The first-order valence-electron chi connectivity index (χ1n) is 6.33. The Morgan fingerprint density at radius 1 is 0.833 bits per heavy atom. The van der Waals surface area contributed by atoms with Crippen LogP contribution in [-0.2, 0) is 4.74 Å². The normalized spacial score (nSPS) is 19.3. The third kappa shape index (κ3) is 2.22. The Morgan fingerprint density at radius 2 is 1.50 bits per heavy atom. The van der Waals surface area contributed by atoms with Crippen LogP contribution in [0.25, 0.3) is 5.57 Å². The predicted molar refractivity (Wildman–Crippen MR) is 74.4 cm³/mol. The zero-order valence-electron chi connectivity index (χ0n) is 10.3. The number of rotatable bonds is 2. The first kappa shape index (κ1) is 11.2. The lowest BCUT2D eigenvalue weighted by molar-refractivity contribution is 0.149. The van der Waals surface area contributed by atoms with Crippen molar-refractivity contribution in [2.24, 2.45) is 0 Å². The maximum atomic E-state index is 5.61. The highest BCUT2D eigenvalue weighted by molar-refractivity contribution is 5.72. The smallest absolute Gasteiger partial charge is 0.0654 e. The Labute approximate surface area is 108 Å². The minimum absolute atomic E-state index is 0.349. The molecular weight excluding hydrogens is 220 g/mol. The van der Waals surface area contributed by atoms with Crippen LogP contribution in [0.15, 0.2) is 66.7 Å². The van der Waals surface area contributed by atoms with Crippen molar-refractivity contribution >= 4 is 5.57 Å². The molecule has 0 bridgehead atoms. The summed E-state index contributed by atoms with van der Waals surface area (Å²) >= 11 is 0. The molecule has 3 rings (SSSR count). The van der Waals surface area contributed by atoms with Crippen LogP contribution in [0.2, 0.25) is 0 Å². The van der Waals surface area contributed by atoms with E-state index in [1.807, 2.05) is 0 Å². The lowest BCUT2D eigenvalue weighted by Gasteiger charge is -2.25. The summed E-state index contributed by atoms with van der Waals surface area (Å²) in [7, 11) is 0. The van der Waals surface area contributed by atoms with Gasteiger partial charge in [0.15, 0.2) is 0 Å². The van der Waals surface area contributed by atoms with Gasteiger partial charge < -0.3 is 4.74 Å². The molecule has 0 saturated carbocycles. The minimum atomic E-state index is 0.349. The SMILES string of the molecule is C1=C(c2ccccc2)[C@H](c2ccccc2)COC1. The summed E-state index contributed by atoms with van der Waals surface area (Å²) in [6, 6.07) is 21.2. The van der Waals surface area contributed by atoms with Gasteiger partial charge in [0.1, 0.15) is 0 Å². The van der Waals surface area contributed by atoms with Gasteiger partial charge in [-0.1, -0.05) is 66.7 Å². The van der Waals surface area contributed by atoms with Crippen molar-refractivity contribution in [3.63, 3.8) is 0 Å². The van der Waals surface area contributed by atoms with Crippen molar-refractivity contribution in [1.29, 1.82) is 0 Å². The summed E-state index contributed by atoms with van der Waals surface area (Å²) in [5.41, 5.74) is 4.01. The first-order valence-corrected chi connectivity index (χ1v) is 6.33. The molecular formula is C17H16O. The van der Waals surface area contributed by atoms with E-state index in [0.717, 1.165) is 6.61 Å². The third-order valence-electron chi connectivity index (χ3n) is 3.39. The van der Waals surface area contributed by atoms with Gasteiger partial charge >= 0.3 is 0 Å². The van der Waals surface area contributed by atoms with Crippen molar-refractivity contribution in [1.82, 2.24) is 0 Å². The molecule has 1 nitrogen and oxygen atoms in total. The van der Waals surface area contributed by atoms with Crippen molar-refractivity contribution in [3.8, 4) is 0 Å². The van der Waals surface area contributed by atoms with E-state index in [1.165, 1.54) is 16.7 Å². The molecule has 0 amide bonds. The molecule has 1 heteroatoms. The standard InChI is InChI=1S/C17H16O/c1-3-7-14(8-4-1)16-11-12-18-13-17(16)15-9-5-2-6-10-15/h1-11,17H,12-13H2/t17-/m0/s1. The number of ether oxygens (including phenoxy) is 1. The van der Waals surface area contributed by atoms with Gasteiger partial charge in [-0.25, -0.2) is 0 Å². The zero-order valence-corrected chi connectivity index (χ0v) is 10.3. The van der Waals surface area contributed by atoms with E-state index in [1.54, 1.807) is 0 Å². The molecule has 2 aromatic carbocycles. The van der Waals surface area contributed by atoms with Gasteiger partial charge in [-0.05, 0) is 16.7 Å². The number of benzene rings is 2. The summed E-state index contributed by atoms with van der Waals surface area (Å²) in [5, 5.41) is 0. The molecule has 0 saturated heterocycles. The van der Waals surface area contributed by atoms with E-state index < -0.39 is 0 Å². The topological polar surface area (TPSA) is 9.23 Å². The fraction of sp³-hybridized carbons (Fsp3) is 0.176. The molecule has 1 atom stereocenters. The van der Waals surface area contributed by atoms with Crippen LogP contribution in [0.1, 0.15) is 17.0 Å². The van der Waals surface area contributed by atoms with E-state index in [4.69, 9.17) is 4.74 Å². The molecule has 0 spiro atoms. The van der Waals surface area contributed by atoms with Gasteiger partial charge in [-0.15, -0.1) is 0 Å². The van der Waals surface area contributed by atoms with Gasteiger partial charge in [0.05, 0.1) is 13.2 Å². The van der Waals surface area contributed by atoms with Crippen LogP contribution in [0, 0.1) is 0 Å². The lowest BCUT2D eigenvalue weighted by Crippen LogP contribution is -2.15. The van der Waals surface area contributed by atoms with Crippen LogP contribution < -0.4 is 0 Å². The van der Waals surface area contributed by atoms with E-state index in [2.05, 4.69) is 66.7 Å². The van der Waals surface area contributed by atoms with Gasteiger partial charge in [-0.3, -0.25) is 0 Å². The van der Waals surface area contributed by atoms with Gasteiger partial charge in [0, 0.05) is 5.92 Å². The van der Waals surface area contributed by atoms with Crippen molar-refractivity contribution in [2.45, 2.75) is 5.92 Å². The Bertz CT molecular complexity index is 528. The molecule has 1 aliphatic rings. The molecule has 1 aliphatic heterocycles. The van der Waals surface area contributed by atoms with E-state index in [-0.39, 0.29) is 0 Å². The fourth-order valence-corrected chi connectivity index (χ4v) is 2.48. The Kier molecular flexibility index (Phi) is 3.24. The molecule has 90 valence electrons. The molecule has 18 heavy (non-hydrogen) atoms. The van der Waals surface area contributed by atoms with Crippen LogP contribution >= 0.6 is 0 Å². The van der Waals surface area contributed by atoms with Crippen LogP contribution in [0.4, 0.5) is 0 Å². The molecule has 2 aromatic rings. The van der Waals surface area contributed by atoms with Crippen molar-refractivity contribution in [2.75, 3.05) is 13.2 Å². The summed E-state index contributed by atoms with van der Waals surface area (Å²) in [6.07, 6.45) is 2.20. The monoisotopic (exact) mass is 236 g/mol. The second-order valence-electron chi connectivity index (χ2n) is 4.53. The van der Waals surface area contributed by atoms with E-state index in [9.17, 15) is 0 Å². The second-order valence-corrected chi connectivity index (χ2v) is 4.53. The van der Waals surface area contributed by atoms with Crippen LogP contribution in [-0.4, -0.2) is 13.2 Å². The highest BCUT2D eigenvalue weighted by Gasteiger charge is 2.20. The van der Waals surface area contributed by atoms with Gasteiger partial charge in [-0.2, -0.15) is 0 Å². The second kappa shape index (κ2) is 5.19. The average molecular weight is 236 g/mol. The quantitative estimate of drug-likeness (QED) is 0.768. The highest BCUT2D eigenvalue weighted by Crippen LogP contribution is 2.34. The summed E-state index contributed by atoms with van der Waals surface area (Å²) in [5.74, 6) is 0.349. The highest BCUT2D eigenvalue weighted by atomic mass is 16.5. The minimum Gasteiger partial charge on any atom is -0.376 e. The molecule has 0 N–H and O–H groups in total. The summed E-state index contributed by atoms with van der Waals surface area (Å²) < 4.78 is 5.61. The Balaban J connectivity index is 1.99. The molecule has 0 unspecified atom stereocenters. The molecule has 0 aliphatic carbocycles. The van der Waals surface area contributed by atoms with E-state index >= 15 is 0 Å². The van der Waals surface area contributed by atoms with Crippen molar-refractivity contribution < 1.29 is 4.74 Å². The lowest BCUT2D eigenvalue weighted by atomic mass is 9.86. The largest absolute Gasteiger partial charge is 0.376 e. The molecule has 0 aromatic heterocycles. The van der Waals surface area contributed by atoms with E-state index in [0.29, 0.717) is 12.5 Å². The third-order valence-corrected chi connectivity index (χ3v) is 3.39. The van der Waals surface area contributed by atoms with Crippen LogP contribution in [0.3, 0.4) is 0 Å². The maximum absolute atomic E-state index is 5.61. The predicted octanol–water partition coefficient (Wildman–Crippen LogP) is 3.88. The maximum Gasteiger partial charge on any atom is 0.0654 e. The molecule has 0 radical (unpaired) electrons. The number of hydrogen-bond donors (Lipinski definition) is 0. The number of hydrogen-bond acceptors (Lipinski definition) is 1. The molecule has 1 heterocycles. The molecule has 0 fully saturated rings. The fourth-order valence-electron chi connectivity index (χ4n) is 2.48. The Morgan fingerprint density at radius 3 is 2.22 bits per heavy atom. The summed E-state index contributed by atoms with van der Waals surface area (Å²) in [4.78, 5) is 0. The summed E-state index contributed by atoms with van der Waals surface area (Å²) in [6.45, 7) is 1.48. The van der Waals surface area contributed by atoms with Gasteiger partial charge in [0.25, 0.3) is 0 Å². The zero-order chi connectivity index (χ0) is 12.2.